The summed E-state index contributed by atoms with van der Waals surface area (Å²) < 4.78 is 5.01. The standard InChI is InChI=1S/C22H23N3O4/c1-29-13-12-23-22(26)19-7-3-6-18-16-4-2-5-17(16)20(24-21(18)19)14-8-10-15(11-9-14)25(27)28/h2-4,6-11,16-17,20,24H,5,12-13H2,1H3,(H,23,26). The van der Waals surface area contributed by atoms with Crippen LogP contribution in [0.1, 0.15) is 39.9 Å². The smallest absolute Gasteiger partial charge is 0.269 e. The molecule has 0 fully saturated rings. The van der Waals surface area contributed by atoms with E-state index in [2.05, 4.69) is 28.9 Å². The Hall–Kier alpha value is -3.19. The zero-order valence-corrected chi connectivity index (χ0v) is 16.1. The van der Waals surface area contributed by atoms with Gasteiger partial charge in [-0.25, -0.2) is 0 Å². The second kappa shape index (κ2) is 8.05. The first-order valence-electron chi connectivity index (χ1n) is 9.67. The fraction of sp³-hybridized carbons (Fsp3) is 0.318. The third-order valence-corrected chi connectivity index (χ3v) is 5.70. The Morgan fingerprint density at radius 3 is 2.79 bits per heavy atom. The number of methoxy groups -OCH3 is 1. The minimum absolute atomic E-state index is 0.0313. The lowest BCUT2D eigenvalue weighted by atomic mass is 9.76. The highest BCUT2D eigenvalue weighted by atomic mass is 16.6. The van der Waals surface area contributed by atoms with E-state index in [0.717, 1.165) is 23.2 Å². The summed E-state index contributed by atoms with van der Waals surface area (Å²) in [7, 11) is 1.60. The highest BCUT2D eigenvalue weighted by molar-refractivity contribution is 6.00. The number of nitro groups is 1. The number of benzene rings is 2. The lowest BCUT2D eigenvalue weighted by Crippen LogP contribution is -2.33. The van der Waals surface area contributed by atoms with Gasteiger partial charge in [0.25, 0.3) is 11.6 Å². The van der Waals surface area contributed by atoms with E-state index in [-0.39, 0.29) is 23.6 Å². The third kappa shape index (κ3) is 3.61. The zero-order valence-electron chi connectivity index (χ0n) is 16.1. The molecular formula is C22H23N3O4. The predicted octanol–water partition coefficient (Wildman–Crippen LogP) is 3.80. The number of fused-ring (bicyclic) bond motifs is 3. The quantitative estimate of drug-likeness (QED) is 0.337. The highest BCUT2D eigenvalue weighted by Gasteiger charge is 2.39. The maximum atomic E-state index is 12.7. The minimum atomic E-state index is -0.393. The fourth-order valence-corrected chi connectivity index (χ4v) is 4.31. The van der Waals surface area contributed by atoms with Gasteiger partial charge in [0, 0.05) is 31.7 Å². The van der Waals surface area contributed by atoms with E-state index in [1.54, 1.807) is 19.2 Å². The van der Waals surface area contributed by atoms with E-state index in [4.69, 9.17) is 4.74 Å². The number of nitrogens with zero attached hydrogens (tertiary/aromatic N) is 1. The molecule has 2 aromatic carbocycles. The number of hydrogen-bond donors (Lipinski definition) is 2. The van der Waals surface area contributed by atoms with Crippen LogP contribution in [-0.4, -0.2) is 31.1 Å². The van der Waals surface area contributed by atoms with Crippen molar-refractivity contribution >= 4 is 17.3 Å². The molecule has 4 rings (SSSR count). The Morgan fingerprint density at radius 1 is 1.28 bits per heavy atom. The lowest BCUT2D eigenvalue weighted by molar-refractivity contribution is -0.384. The molecule has 0 saturated carbocycles. The second-order valence-corrected chi connectivity index (χ2v) is 7.34. The average molecular weight is 393 g/mol. The molecule has 1 amide bonds. The average Bonchev–Trinajstić information content (AvgIpc) is 3.23. The molecule has 2 N–H and O–H groups in total. The highest BCUT2D eigenvalue weighted by Crippen LogP contribution is 2.50. The monoisotopic (exact) mass is 393 g/mol. The Kier molecular flexibility index (Phi) is 5.31. The van der Waals surface area contributed by atoms with Crippen molar-refractivity contribution in [3.63, 3.8) is 0 Å². The molecule has 7 heteroatoms. The van der Waals surface area contributed by atoms with Crippen LogP contribution in [0, 0.1) is 16.0 Å². The summed E-state index contributed by atoms with van der Waals surface area (Å²) in [4.78, 5) is 23.3. The number of carbonyl (C=O) groups is 1. The number of nitrogens with one attached hydrogen (secondary N) is 2. The van der Waals surface area contributed by atoms with Gasteiger partial charge < -0.3 is 15.4 Å². The molecule has 0 saturated heterocycles. The number of amides is 1. The maximum Gasteiger partial charge on any atom is 0.269 e. The normalized spacial score (nSPS) is 21.8. The maximum absolute atomic E-state index is 12.7. The number of allylic oxidation sites excluding steroid dienone is 2. The molecule has 3 atom stereocenters. The van der Waals surface area contributed by atoms with Crippen molar-refractivity contribution in [1.29, 1.82) is 0 Å². The van der Waals surface area contributed by atoms with Crippen LogP contribution in [0.5, 0.6) is 0 Å². The van der Waals surface area contributed by atoms with Gasteiger partial charge in [-0.15, -0.1) is 0 Å². The molecule has 0 bridgehead atoms. The Morgan fingerprint density at radius 2 is 2.07 bits per heavy atom. The molecule has 1 heterocycles. The molecule has 29 heavy (non-hydrogen) atoms. The summed E-state index contributed by atoms with van der Waals surface area (Å²) in [5, 5.41) is 17.4. The van der Waals surface area contributed by atoms with Crippen molar-refractivity contribution in [1.82, 2.24) is 5.32 Å². The van der Waals surface area contributed by atoms with Crippen LogP contribution in [0.15, 0.2) is 54.6 Å². The first-order chi connectivity index (χ1) is 14.1. The van der Waals surface area contributed by atoms with Crippen molar-refractivity contribution in [2.75, 3.05) is 25.6 Å². The number of para-hydroxylation sites is 1. The van der Waals surface area contributed by atoms with Crippen molar-refractivity contribution in [3.8, 4) is 0 Å². The third-order valence-electron chi connectivity index (χ3n) is 5.70. The van der Waals surface area contributed by atoms with Crippen molar-refractivity contribution in [2.45, 2.75) is 18.4 Å². The van der Waals surface area contributed by atoms with Crippen LogP contribution in [0.2, 0.25) is 0 Å². The van der Waals surface area contributed by atoms with Crippen molar-refractivity contribution < 1.29 is 14.5 Å². The second-order valence-electron chi connectivity index (χ2n) is 7.34. The summed E-state index contributed by atoms with van der Waals surface area (Å²) >= 11 is 0. The van der Waals surface area contributed by atoms with Gasteiger partial charge in [0.05, 0.1) is 28.8 Å². The fourth-order valence-electron chi connectivity index (χ4n) is 4.31. The number of carbonyl (C=O) groups excluding carboxylic acids is 1. The van der Waals surface area contributed by atoms with E-state index >= 15 is 0 Å². The van der Waals surface area contributed by atoms with Gasteiger partial charge in [0.15, 0.2) is 0 Å². The largest absolute Gasteiger partial charge is 0.383 e. The summed E-state index contributed by atoms with van der Waals surface area (Å²) in [6.45, 7) is 0.893. The van der Waals surface area contributed by atoms with E-state index in [1.807, 2.05) is 12.1 Å². The molecule has 2 aromatic rings. The van der Waals surface area contributed by atoms with E-state index < -0.39 is 4.92 Å². The molecule has 1 aliphatic heterocycles. The summed E-state index contributed by atoms with van der Waals surface area (Å²) in [5.74, 6) is 0.364. The minimum Gasteiger partial charge on any atom is -0.383 e. The molecule has 3 unspecified atom stereocenters. The molecule has 0 spiro atoms. The Balaban J connectivity index is 1.68. The molecule has 150 valence electrons. The zero-order chi connectivity index (χ0) is 20.4. The summed E-state index contributed by atoms with van der Waals surface area (Å²) in [6, 6.07) is 12.4. The van der Waals surface area contributed by atoms with Gasteiger partial charge in [-0.1, -0.05) is 36.4 Å². The predicted molar refractivity (Wildman–Crippen MR) is 110 cm³/mol. The van der Waals surface area contributed by atoms with Crippen molar-refractivity contribution in [3.05, 3.63) is 81.4 Å². The Bertz CT molecular complexity index is 955. The topological polar surface area (TPSA) is 93.5 Å². The van der Waals surface area contributed by atoms with Crippen LogP contribution in [0.4, 0.5) is 11.4 Å². The number of non-ortho nitro benzene ring substituents is 1. The molecule has 2 aliphatic rings. The number of ether oxygens (including phenoxy) is 1. The number of anilines is 1. The van der Waals surface area contributed by atoms with Crippen LogP contribution >= 0.6 is 0 Å². The van der Waals surface area contributed by atoms with Crippen LogP contribution in [0.3, 0.4) is 0 Å². The molecule has 0 aromatic heterocycles. The van der Waals surface area contributed by atoms with Crippen LogP contribution in [0.25, 0.3) is 0 Å². The number of rotatable bonds is 6. The van der Waals surface area contributed by atoms with Crippen LogP contribution in [-0.2, 0) is 4.74 Å². The first kappa shape index (κ1) is 19.1. The van der Waals surface area contributed by atoms with Crippen LogP contribution < -0.4 is 10.6 Å². The number of hydrogen-bond acceptors (Lipinski definition) is 5. The first-order valence-corrected chi connectivity index (χ1v) is 9.67. The number of nitro benzene ring substituents is 1. The molecule has 7 nitrogen and oxygen atoms in total. The van der Waals surface area contributed by atoms with E-state index in [1.165, 1.54) is 12.1 Å². The Labute approximate surface area is 168 Å². The van der Waals surface area contributed by atoms with Gasteiger partial charge in [0.2, 0.25) is 0 Å². The molecular weight excluding hydrogens is 370 g/mol. The van der Waals surface area contributed by atoms with Gasteiger partial charge >= 0.3 is 0 Å². The van der Waals surface area contributed by atoms with Crippen molar-refractivity contribution in [2.24, 2.45) is 5.92 Å². The van der Waals surface area contributed by atoms with Gasteiger partial charge in [-0.05, 0) is 29.5 Å². The molecule has 1 aliphatic carbocycles. The summed E-state index contributed by atoms with van der Waals surface area (Å²) in [6.07, 6.45) is 5.30. The van der Waals surface area contributed by atoms with Gasteiger partial charge in [0.1, 0.15) is 0 Å². The van der Waals surface area contributed by atoms with E-state index in [0.29, 0.717) is 24.6 Å². The van der Waals surface area contributed by atoms with Gasteiger partial charge in [-0.2, -0.15) is 0 Å². The summed E-state index contributed by atoms with van der Waals surface area (Å²) in [5.41, 5.74) is 3.60. The van der Waals surface area contributed by atoms with Gasteiger partial charge in [-0.3, -0.25) is 14.9 Å². The lowest BCUT2D eigenvalue weighted by Gasteiger charge is -2.38. The molecule has 0 radical (unpaired) electrons. The van der Waals surface area contributed by atoms with E-state index in [9.17, 15) is 14.9 Å². The SMILES string of the molecule is COCCNC(=O)c1cccc2c1NC(c1ccc([N+](=O)[O-])cc1)C1CC=CC21.